The Kier molecular flexibility index (Phi) is 6.01. The van der Waals surface area contributed by atoms with Crippen LogP contribution in [0.15, 0.2) is 53.7 Å². The van der Waals surface area contributed by atoms with Crippen molar-refractivity contribution in [2.45, 2.75) is 24.0 Å². The number of hydrogen-bond donors (Lipinski definition) is 0. The number of aryl methyl sites for hydroxylation is 1. The Bertz CT molecular complexity index is 998. The molecule has 2 aromatic carbocycles. The minimum Gasteiger partial charge on any atom is -0.378 e. The Labute approximate surface area is 176 Å². The van der Waals surface area contributed by atoms with Crippen molar-refractivity contribution in [2.75, 3.05) is 31.2 Å². The van der Waals surface area contributed by atoms with Crippen LogP contribution in [0.4, 0.5) is 19.1 Å². The van der Waals surface area contributed by atoms with Gasteiger partial charge in [-0.15, -0.1) is 10.2 Å². The summed E-state index contributed by atoms with van der Waals surface area (Å²) in [5.41, 5.74) is 2.22. The molecule has 0 unspecified atom stereocenters. The highest BCUT2D eigenvalue weighted by Crippen LogP contribution is 2.32. The molecule has 0 spiro atoms. The monoisotopic (exact) mass is 434 g/mol. The molecule has 30 heavy (non-hydrogen) atoms. The molecule has 1 aromatic heterocycles. The van der Waals surface area contributed by atoms with Crippen LogP contribution in [0.3, 0.4) is 0 Å². The summed E-state index contributed by atoms with van der Waals surface area (Å²) in [5.74, 6) is 1.24. The number of halogens is 3. The Balaban J connectivity index is 1.60. The maximum atomic E-state index is 12.8. The summed E-state index contributed by atoms with van der Waals surface area (Å²) < 4.78 is 45.8. The van der Waals surface area contributed by atoms with Crippen LogP contribution in [-0.2, 0) is 16.7 Å². The van der Waals surface area contributed by atoms with E-state index in [4.69, 9.17) is 4.74 Å². The second-order valence-corrected chi connectivity index (χ2v) is 7.98. The van der Waals surface area contributed by atoms with Crippen LogP contribution < -0.4 is 4.90 Å². The molecule has 1 saturated heterocycles. The van der Waals surface area contributed by atoms with Gasteiger partial charge in [-0.1, -0.05) is 36.0 Å². The van der Waals surface area contributed by atoms with Crippen molar-refractivity contribution >= 4 is 17.7 Å². The van der Waals surface area contributed by atoms with E-state index in [2.05, 4.69) is 21.2 Å². The van der Waals surface area contributed by atoms with Crippen molar-refractivity contribution in [1.29, 1.82) is 0 Å². The maximum Gasteiger partial charge on any atom is 0.416 e. The van der Waals surface area contributed by atoms with Crippen LogP contribution in [0.25, 0.3) is 5.69 Å². The number of benzene rings is 2. The summed E-state index contributed by atoms with van der Waals surface area (Å²) in [4.78, 5) is 2.14. The van der Waals surface area contributed by atoms with Gasteiger partial charge in [0.05, 0.1) is 24.5 Å². The van der Waals surface area contributed by atoms with Gasteiger partial charge in [0.15, 0.2) is 5.16 Å². The summed E-state index contributed by atoms with van der Waals surface area (Å²) in [6.07, 6.45) is -4.33. The Morgan fingerprint density at radius 3 is 2.43 bits per heavy atom. The summed E-state index contributed by atoms with van der Waals surface area (Å²) in [6, 6.07) is 13.3. The lowest BCUT2D eigenvalue weighted by Crippen LogP contribution is -2.37. The Morgan fingerprint density at radius 2 is 1.77 bits per heavy atom. The molecule has 4 rings (SSSR count). The topological polar surface area (TPSA) is 43.2 Å². The highest BCUT2D eigenvalue weighted by Gasteiger charge is 2.30. The number of nitrogens with zero attached hydrogens (tertiary/aromatic N) is 4. The largest absolute Gasteiger partial charge is 0.416 e. The van der Waals surface area contributed by atoms with Gasteiger partial charge >= 0.3 is 6.18 Å². The van der Waals surface area contributed by atoms with E-state index in [-0.39, 0.29) is 0 Å². The van der Waals surface area contributed by atoms with Gasteiger partial charge in [-0.2, -0.15) is 13.2 Å². The summed E-state index contributed by atoms with van der Waals surface area (Å²) >= 11 is 1.45. The highest BCUT2D eigenvalue weighted by molar-refractivity contribution is 7.98. The molecule has 1 fully saturated rings. The number of ether oxygens (including phenoxy) is 1. The average Bonchev–Trinajstić information content (AvgIpc) is 3.16. The lowest BCUT2D eigenvalue weighted by molar-refractivity contribution is -0.137. The molecular formula is C21H21F3N4OS. The van der Waals surface area contributed by atoms with Crippen molar-refractivity contribution in [1.82, 2.24) is 14.8 Å². The molecular weight excluding hydrogens is 413 g/mol. The predicted octanol–water partition coefficient (Wildman–Crippen LogP) is 4.72. The number of morpholine rings is 1. The Morgan fingerprint density at radius 1 is 1.03 bits per heavy atom. The molecule has 0 aliphatic carbocycles. The second kappa shape index (κ2) is 8.69. The normalized spacial score (nSPS) is 14.9. The zero-order valence-corrected chi connectivity index (χ0v) is 17.2. The molecule has 3 aromatic rings. The number of thioether (sulfide) groups is 1. The molecule has 0 radical (unpaired) electrons. The molecule has 0 amide bonds. The summed E-state index contributed by atoms with van der Waals surface area (Å²) in [7, 11) is 0. The maximum absolute atomic E-state index is 12.8. The average molecular weight is 434 g/mol. The van der Waals surface area contributed by atoms with Crippen LogP contribution in [0.5, 0.6) is 0 Å². The highest BCUT2D eigenvalue weighted by atomic mass is 32.2. The molecule has 0 atom stereocenters. The third kappa shape index (κ3) is 4.62. The zero-order valence-electron chi connectivity index (χ0n) is 16.4. The quantitative estimate of drug-likeness (QED) is 0.544. The van der Waals surface area contributed by atoms with E-state index in [0.717, 1.165) is 48.0 Å². The number of rotatable bonds is 5. The molecule has 0 saturated carbocycles. The van der Waals surface area contributed by atoms with Crippen LogP contribution >= 0.6 is 11.8 Å². The predicted molar refractivity (Wildman–Crippen MR) is 110 cm³/mol. The third-order valence-electron chi connectivity index (χ3n) is 4.82. The van der Waals surface area contributed by atoms with E-state index in [9.17, 15) is 13.2 Å². The van der Waals surface area contributed by atoms with E-state index in [1.165, 1.54) is 23.9 Å². The van der Waals surface area contributed by atoms with Gasteiger partial charge in [0.1, 0.15) is 0 Å². The molecule has 1 aliphatic heterocycles. The van der Waals surface area contributed by atoms with E-state index in [1.807, 2.05) is 29.7 Å². The number of hydrogen-bond acceptors (Lipinski definition) is 5. The lowest BCUT2D eigenvalue weighted by Gasteiger charge is -2.28. The first-order valence-electron chi connectivity index (χ1n) is 9.56. The van der Waals surface area contributed by atoms with Crippen LogP contribution in [-0.4, -0.2) is 41.1 Å². The standard InChI is InChI=1S/C21H21F3N4OS/c1-15-3-2-4-18(13-15)28-19(27-9-11-29-12-10-27)25-26-20(28)30-14-16-5-7-17(8-6-16)21(22,23)24/h2-8,13H,9-12,14H2,1H3. The van der Waals surface area contributed by atoms with Gasteiger partial charge in [-0.3, -0.25) is 4.57 Å². The van der Waals surface area contributed by atoms with E-state index in [0.29, 0.717) is 24.1 Å². The minimum absolute atomic E-state index is 0.491. The summed E-state index contributed by atoms with van der Waals surface area (Å²) in [5, 5.41) is 9.50. The molecule has 2 heterocycles. The van der Waals surface area contributed by atoms with Gasteiger partial charge in [-0.05, 0) is 42.3 Å². The van der Waals surface area contributed by atoms with Crippen LogP contribution in [0.2, 0.25) is 0 Å². The zero-order chi connectivity index (χ0) is 21.1. The fourth-order valence-corrected chi connectivity index (χ4v) is 4.16. The fourth-order valence-electron chi connectivity index (χ4n) is 3.25. The smallest absolute Gasteiger partial charge is 0.378 e. The van der Waals surface area contributed by atoms with Crippen molar-refractivity contribution in [3.05, 3.63) is 65.2 Å². The second-order valence-electron chi connectivity index (χ2n) is 7.04. The number of aromatic nitrogens is 3. The summed E-state index contributed by atoms with van der Waals surface area (Å²) in [6.45, 7) is 4.75. The lowest BCUT2D eigenvalue weighted by atomic mass is 10.1. The minimum atomic E-state index is -4.33. The molecule has 9 heteroatoms. The van der Waals surface area contributed by atoms with Crippen molar-refractivity contribution in [3.8, 4) is 5.69 Å². The van der Waals surface area contributed by atoms with Gasteiger partial charge in [-0.25, -0.2) is 0 Å². The SMILES string of the molecule is Cc1cccc(-n2c(SCc3ccc(C(F)(F)F)cc3)nnc2N2CCOCC2)c1. The third-order valence-corrected chi connectivity index (χ3v) is 5.82. The van der Waals surface area contributed by atoms with E-state index < -0.39 is 11.7 Å². The molecule has 0 N–H and O–H groups in total. The van der Waals surface area contributed by atoms with E-state index in [1.54, 1.807) is 0 Å². The number of anilines is 1. The van der Waals surface area contributed by atoms with Gasteiger partial charge in [0.25, 0.3) is 0 Å². The molecule has 5 nitrogen and oxygen atoms in total. The van der Waals surface area contributed by atoms with E-state index >= 15 is 0 Å². The van der Waals surface area contributed by atoms with Gasteiger partial charge in [0.2, 0.25) is 5.95 Å². The molecule has 0 bridgehead atoms. The molecule has 158 valence electrons. The Hall–Kier alpha value is -2.52. The fraction of sp³-hybridized carbons (Fsp3) is 0.333. The molecule has 1 aliphatic rings. The van der Waals surface area contributed by atoms with Gasteiger partial charge < -0.3 is 9.64 Å². The van der Waals surface area contributed by atoms with Crippen LogP contribution in [0.1, 0.15) is 16.7 Å². The van der Waals surface area contributed by atoms with Gasteiger partial charge in [0, 0.05) is 18.8 Å². The first kappa shape index (κ1) is 20.7. The van der Waals surface area contributed by atoms with Crippen LogP contribution in [0, 0.1) is 6.92 Å². The first-order valence-corrected chi connectivity index (χ1v) is 10.5. The van der Waals surface area contributed by atoms with Crippen molar-refractivity contribution < 1.29 is 17.9 Å². The van der Waals surface area contributed by atoms with Crippen molar-refractivity contribution in [3.63, 3.8) is 0 Å². The number of alkyl halides is 3. The van der Waals surface area contributed by atoms with Crippen molar-refractivity contribution in [2.24, 2.45) is 0 Å². The first-order chi connectivity index (χ1) is 14.4.